The van der Waals surface area contributed by atoms with Gasteiger partial charge in [-0.25, -0.2) is 4.98 Å². The van der Waals surface area contributed by atoms with Gasteiger partial charge in [0.25, 0.3) is 5.89 Å². The van der Waals surface area contributed by atoms with E-state index in [1.54, 1.807) is 11.3 Å². The highest BCUT2D eigenvalue weighted by atomic mass is 32.1. The number of rotatable bonds is 4. The summed E-state index contributed by atoms with van der Waals surface area (Å²) in [6, 6.07) is 7.81. The minimum Gasteiger partial charge on any atom is -0.334 e. The van der Waals surface area contributed by atoms with Gasteiger partial charge in [-0.2, -0.15) is 4.98 Å². The van der Waals surface area contributed by atoms with E-state index in [4.69, 9.17) is 10.3 Å². The largest absolute Gasteiger partial charge is 0.334 e. The van der Waals surface area contributed by atoms with Crippen LogP contribution < -0.4 is 5.73 Å². The number of nitrogens with zero attached hydrogens (tertiary/aromatic N) is 3. The van der Waals surface area contributed by atoms with E-state index in [9.17, 15) is 0 Å². The van der Waals surface area contributed by atoms with Crippen molar-refractivity contribution in [3.05, 3.63) is 51.7 Å². The molecule has 3 aromatic rings. The highest BCUT2D eigenvalue weighted by Crippen LogP contribution is 2.20. The standard InChI is InChI=1S/C14H14N4OS/c1-9-8-20-13(16-9)6-12-17-14(19-18-12)11-4-2-3-10(5-11)7-15/h2-5,8H,6-7,15H2,1H3. The molecule has 0 amide bonds. The third-order valence-electron chi connectivity index (χ3n) is 2.85. The molecule has 0 aliphatic carbocycles. The molecule has 0 unspecified atom stereocenters. The maximum Gasteiger partial charge on any atom is 0.257 e. The van der Waals surface area contributed by atoms with Gasteiger partial charge in [0.2, 0.25) is 0 Å². The number of benzene rings is 1. The molecule has 102 valence electrons. The van der Waals surface area contributed by atoms with E-state index in [-0.39, 0.29) is 0 Å². The Morgan fingerprint density at radius 2 is 2.20 bits per heavy atom. The van der Waals surface area contributed by atoms with Crippen molar-refractivity contribution in [1.29, 1.82) is 0 Å². The molecular weight excluding hydrogens is 272 g/mol. The summed E-state index contributed by atoms with van der Waals surface area (Å²) in [5.74, 6) is 1.16. The summed E-state index contributed by atoms with van der Waals surface area (Å²) in [4.78, 5) is 8.80. The molecule has 6 heteroatoms. The van der Waals surface area contributed by atoms with Crippen molar-refractivity contribution in [3.63, 3.8) is 0 Å². The van der Waals surface area contributed by atoms with Crippen LogP contribution in [0.25, 0.3) is 11.5 Å². The highest BCUT2D eigenvalue weighted by Gasteiger charge is 2.11. The van der Waals surface area contributed by atoms with Crippen molar-refractivity contribution in [3.8, 4) is 11.5 Å². The second-order valence-corrected chi connectivity index (χ2v) is 5.42. The topological polar surface area (TPSA) is 77.8 Å². The van der Waals surface area contributed by atoms with Crippen LogP contribution in [0.2, 0.25) is 0 Å². The molecule has 0 fully saturated rings. The van der Waals surface area contributed by atoms with Crippen LogP contribution >= 0.6 is 11.3 Å². The molecule has 2 aromatic heterocycles. The molecule has 0 bridgehead atoms. The third kappa shape index (κ3) is 2.76. The van der Waals surface area contributed by atoms with E-state index in [0.717, 1.165) is 21.8 Å². The van der Waals surface area contributed by atoms with Gasteiger partial charge in [0.1, 0.15) is 5.01 Å². The van der Waals surface area contributed by atoms with E-state index in [1.165, 1.54) is 0 Å². The predicted octanol–water partition coefficient (Wildman–Crippen LogP) is 2.55. The van der Waals surface area contributed by atoms with Gasteiger partial charge >= 0.3 is 0 Å². The molecule has 0 aliphatic rings. The second-order valence-electron chi connectivity index (χ2n) is 4.48. The lowest BCUT2D eigenvalue weighted by Gasteiger charge is -1.97. The van der Waals surface area contributed by atoms with Crippen LogP contribution in [-0.2, 0) is 13.0 Å². The fraction of sp³-hybridized carbons (Fsp3) is 0.214. The number of aromatic nitrogens is 3. The smallest absolute Gasteiger partial charge is 0.257 e. The molecule has 0 saturated carbocycles. The number of aryl methyl sites for hydroxylation is 1. The quantitative estimate of drug-likeness (QED) is 0.797. The van der Waals surface area contributed by atoms with Gasteiger partial charge < -0.3 is 10.3 Å². The summed E-state index contributed by atoms with van der Waals surface area (Å²) in [7, 11) is 0. The average Bonchev–Trinajstić information content (AvgIpc) is 3.09. The summed E-state index contributed by atoms with van der Waals surface area (Å²) < 4.78 is 5.30. The molecule has 0 aliphatic heterocycles. The van der Waals surface area contributed by atoms with Crippen LogP contribution in [0.1, 0.15) is 22.1 Å². The van der Waals surface area contributed by atoms with Crippen molar-refractivity contribution in [2.24, 2.45) is 5.73 Å². The molecule has 3 rings (SSSR count). The Labute approximate surface area is 120 Å². The van der Waals surface area contributed by atoms with E-state index in [1.807, 2.05) is 36.6 Å². The summed E-state index contributed by atoms with van der Waals surface area (Å²) >= 11 is 1.61. The average molecular weight is 286 g/mol. The van der Waals surface area contributed by atoms with Crippen molar-refractivity contribution in [2.45, 2.75) is 19.9 Å². The molecule has 0 spiro atoms. The van der Waals surface area contributed by atoms with Crippen LogP contribution in [-0.4, -0.2) is 15.1 Å². The molecule has 0 radical (unpaired) electrons. The zero-order chi connectivity index (χ0) is 13.9. The lowest BCUT2D eigenvalue weighted by Crippen LogP contribution is -1.95. The van der Waals surface area contributed by atoms with Gasteiger partial charge in [0, 0.05) is 23.2 Å². The Morgan fingerprint density at radius 3 is 2.95 bits per heavy atom. The Kier molecular flexibility index (Phi) is 3.58. The van der Waals surface area contributed by atoms with Crippen molar-refractivity contribution >= 4 is 11.3 Å². The molecule has 0 saturated heterocycles. The second kappa shape index (κ2) is 5.52. The van der Waals surface area contributed by atoms with Crippen LogP contribution in [0.3, 0.4) is 0 Å². The summed E-state index contributed by atoms with van der Waals surface area (Å²) in [5, 5.41) is 7.01. The molecule has 1 aromatic carbocycles. The number of hydrogen-bond donors (Lipinski definition) is 1. The van der Waals surface area contributed by atoms with E-state index >= 15 is 0 Å². The molecule has 5 nitrogen and oxygen atoms in total. The summed E-state index contributed by atoms with van der Waals surface area (Å²) in [5.41, 5.74) is 8.58. The number of hydrogen-bond acceptors (Lipinski definition) is 6. The van der Waals surface area contributed by atoms with Crippen LogP contribution in [0.5, 0.6) is 0 Å². The molecule has 20 heavy (non-hydrogen) atoms. The fourth-order valence-electron chi connectivity index (χ4n) is 1.89. The number of nitrogens with two attached hydrogens (primary N) is 1. The van der Waals surface area contributed by atoms with Crippen molar-refractivity contribution in [2.75, 3.05) is 0 Å². The minimum atomic E-state index is 0.493. The van der Waals surface area contributed by atoms with Crippen LogP contribution in [0, 0.1) is 6.92 Å². The van der Waals surface area contributed by atoms with Gasteiger partial charge in [-0.15, -0.1) is 11.3 Å². The predicted molar refractivity (Wildman–Crippen MR) is 77.3 cm³/mol. The van der Waals surface area contributed by atoms with Gasteiger partial charge in [-0.3, -0.25) is 0 Å². The summed E-state index contributed by atoms with van der Waals surface area (Å²) in [6.07, 6.45) is 0.596. The highest BCUT2D eigenvalue weighted by molar-refractivity contribution is 7.09. The maximum absolute atomic E-state index is 5.63. The van der Waals surface area contributed by atoms with Gasteiger partial charge in [-0.1, -0.05) is 17.3 Å². The first-order chi connectivity index (χ1) is 9.74. The Hall–Kier alpha value is -2.05. The van der Waals surface area contributed by atoms with Crippen molar-refractivity contribution < 1.29 is 4.52 Å². The monoisotopic (exact) mass is 286 g/mol. The number of thiazole rings is 1. The third-order valence-corrected chi connectivity index (χ3v) is 3.82. The lowest BCUT2D eigenvalue weighted by molar-refractivity contribution is 0.424. The molecule has 0 atom stereocenters. The first kappa shape index (κ1) is 13.0. The molecular formula is C14H14N4OS. The van der Waals surface area contributed by atoms with Gasteiger partial charge in [0.15, 0.2) is 5.82 Å². The zero-order valence-corrected chi connectivity index (χ0v) is 11.9. The van der Waals surface area contributed by atoms with E-state index in [0.29, 0.717) is 24.7 Å². The Morgan fingerprint density at radius 1 is 1.30 bits per heavy atom. The van der Waals surface area contributed by atoms with E-state index in [2.05, 4.69) is 15.1 Å². The molecule has 2 N–H and O–H groups in total. The van der Waals surface area contributed by atoms with Crippen molar-refractivity contribution in [1.82, 2.24) is 15.1 Å². The first-order valence-electron chi connectivity index (χ1n) is 6.27. The van der Waals surface area contributed by atoms with Gasteiger partial charge in [0.05, 0.1) is 6.42 Å². The first-order valence-corrected chi connectivity index (χ1v) is 7.15. The van der Waals surface area contributed by atoms with Crippen LogP contribution in [0.4, 0.5) is 0 Å². The molecule has 2 heterocycles. The Balaban J connectivity index is 1.82. The summed E-state index contributed by atoms with van der Waals surface area (Å²) in [6.45, 7) is 2.47. The van der Waals surface area contributed by atoms with E-state index < -0.39 is 0 Å². The normalized spacial score (nSPS) is 10.9. The minimum absolute atomic E-state index is 0.493. The van der Waals surface area contributed by atoms with Gasteiger partial charge in [-0.05, 0) is 24.6 Å². The Bertz CT molecular complexity index is 719. The SMILES string of the molecule is Cc1csc(Cc2noc(-c3cccc(CN)c3)n2)n1. The maximum atomic E-state index is 5.63. The zero-order valence-electron chi connectivity index (χ0n) is 11.0. The fourth-order valence-corrected chi connectivity index (χ4v) is 2.66. The lowest BCUT2D eigenvalue weighted by atomic mass is 10.1. The van der Waals surface area contributed by atoms with Crippen LogP contribution in [0.15, 0.2) is 34.2 Å².